The van der Waals surface area contributed by atoms with E-state index in [9.17, 15) is 30.3 Å². The van der Waals surface area contributed by atoms with E-state index in [0.29, 0.717) is 30.2 Å². The maximum Gasteiger partial charge on any atom is 0.316 e. The number of halogens is 2. The summed E-state index contributed by atoms with van der Waals surface area (Å²) >= 11 is 0. The fraction of sp³-hybridized carbons (Fsp3) is 0.486. The van der Waals surface area contributed by atoms with Crippen LogP contribution in [0, 0.1) is 0 Å². The van der Waals surface area contributed by atoms with Crippen LogP contribution in [0.3, 0.4) is 0 Å². The zero-order chi connectivity index (χ0) is 33.4. The molecule has 3 aromatic carbocycles. The van der Waals surface area contributed by atoms with E-state index in [1.54, 1.807) is 12.1 Å². The van der Waals surface area contributed by atoms with Crippen LogP contribution in [0.25, 0.3) is 0 Å². The van der Waals surface area contributed by atoms with Gasteiger partial charge in [0, 0.05) is 44.3 Å². The second-order valence-electron chi connectivity index (χ2n) is 13.4. The molecule has 0 aliphatic carbocycles. The molecule has 274 valence electrons. The van der Waals surface area contributed by atoms with Crippen LogP contribution in [0.5, 0.6) is 17.2 Å². The van der Waals surface area contributed by atoms with Crippen molar-refractivity contribution >= 4 is 23.0 Å². The molecule has 5 unspecified atom stereocenters. The summed E-state index contributed by atoms with van der Waals surface area (Å²) < 4.78 is 6.96. The molecule has 0 amide bonds. The van der Waals surface area contributed by atoms with Gasteiger partial charge in [0.25, 0.3) is 0 Å². The third-order valence-corrected chi connectivity index (χ3v) is 9.99. The van der Waals surface area contributed by atoms with E-state index < -0.39 is 12.0 Å². The number of benzene rings is 3. The Hall–Kier alpha value is -2.71. The van der Waals surface area contributed by atoms with E-state index in [0.717, 1.165) is 34.9 Å². The van der Waals surface area contributed by atoms with Crippen LogP contribution in [0.1, 0.15) is 75.2 Å². The summed E-state index contributed by atoms with van der Waals surface area (Å²) in [7, 11) is 2.37. The molecule has 0 radical (unpaired) electrons. The Kier molecular flexibility index (Phi) is 18.3. The highest BCUT2D eigenvalue weighted by Gasteiger charge is 2.53. The van der Waals surface area contributed by atoms with Crippen molar-refractivity contribution < 1.29 is 62.0 Å². The standard InChI is InChI=1S/C20H30NO3.C17H21NO4.2BrH.H2O/c1-14(2)21(3)16-9-10-17(21)12-18(11-16)24-20(23)19(13-22)15-7-5-4-6-8-15;1-11(6-12-2-4-14(19)5-3-12)18-10-17(22)13-7-15(20)9-16(21)8-13;;;/h4-8,14,16-19,22H,9-13H2,1-3H3;2-5,7-9,11,17-22H,6,10H2,1H3;2*1H;1H2/q+1;;;;/p-1/t16-,17+,18?,19?,21?;;;;. The van der Waals surface area contributed by atoms with E-state index in [1.807, 2.05) is 49.4 Å². The lowest BCUT2D eigenvalue weighted by molar-refractivity contribution is -0.968. The molecular formula is C37H54Br2N2O8. The van der Waals surface area contributed by atoms with Gasteiger partial charge >= 0.3 is 5.97 Å². The number of nitrogens with one attached hydrogen (secondary N) is 1. The lowest BCUT2D eigenvalue weighted by atomic mass is 9.94. The minimum atomic E-state index is -0.819. The lowest BCUT2D eigenvalue weighted by Gasteiger charge is -2.49. The third-order valence-electron chi connectivity index (χ3n) is 9.99. The zero-order valence-corrected chi connectivity index (χ0v) is 32.0. The average Bonchev–Trinajstić information content (AvgIpc) is 3.18. The molecule has 2 fully saturated rings. The van der Waals surface area contributed by atoms with Crippen molar-refractivity contribution in [1.82, 2.24) is 5.32 Å². The van der Waals surface area contributed by atoms with Crippen LogP contribution in [0.4, 0.5) is 0 Å². The number of piperidine rings is 1. The number of aliphatic hydroxyl groups excluding tert-OH is 2. The summed E-state index contributed by atoms with van der Waals surface area (Å²) in [5, 5.41) is 51.1. The van der Waals surface area contributed by atoms with Gasteiger partial charge in [0.1, 0.15) is 29.3 Å². The van der Waals surface area contributed by atoms with Gasteiger partial charge in [0.05, 0.1) is 37.9 Å². The van der Waals surface area contributed by atoms with Crippen molar-refractivity contribution in [1.29, 1.82) is 0 Å². The van der Waals surface area contributed by atoms with Crippen LogP contribution >= 0.6 is 17.0 Å². The molecule has 2 aliphatic heterocycles. The van der Waals surface area contributed by atoms with Gasteiger partial charge in [-0.05, 0) is 68.1 Å². The van der Waals surface area contributed by atoms with Crippen LogP contribution in [0.2, 0.25) is 0 Å². The van der Waals surface area contributed by atoms with Gasteiger partial charge < -0.3 is 62.5 Å². The van der Waals surface area contributed by atoms with E-state index >= 15 is 0 Å². The van der Waals surface area contributed by atoms with Crippen LogP contribution < -0.4 is 22.3 Å². The Bertz CT molecular complexity index is 1380. The molecule has 8 N–H and O–H groups in total. The highest BCUT2D eigenvalue weighted by atomic mass is 79.9. The predicted molar refractivity (Wildman–Crippen MR) is 191 cm³/mol. The number of aliphatic hydroxyl groups is 2. The highest BCUT2D eigenvalue weighted by Crippen LogP contribution is 2.44. The van der Waals surface area contributed by atoms with E-state index in [-0.39, 0.29) is 81.4 Å². The fourth-order valence-corrected chi connectivity index (χ4v) is 7.12. The molecule has 7 atom stereocenters. The summed E-state index contributed by atoms with van der Waals surface area (Å²) in [4.78, 5) is 12.6. The highest BCUT2D eigenvalue weighted by molar-refractivity contribution is 8.93. The van der Waals surface area contributed by atoms with Gasteiger partial charge in [0.2, 0.25) is 0 Å². The molecule has 5 rings (SSSR count). The number of phenolic OH excluding ortho intramolecular Hbond substituents is 3. The quantitative estimate of drug-likeness (QED) is 0.126. The number of esters is 1. The Balaban J connectivity index is 0.000000464. The number of fused-ring (bicyclic) bond motifs is 2. The van der Waals surface area contributed by atoms with Gasteiger partial charge in [-0.1, -0.05) is 42.5 Å². The molecular weight excluding hydrogens is 760 g/mol. The second kappa shape index (κ2) is 20.2. The van der Waals surface area contributed by atoms with Crippen molar-refractivity contribution in [2.24, 2.45) is 0 Å². The first kappa shape index (κ1) is 44.3. The van der Waals surface area contributed by atoms with Crippen molar-refractivity contribution in [3.05, 3.63) is 89.5 Å². The summed E-state index contributed by atoms with van der Waals surface area (Å²) in [5.74, 6) is -0.772. The molecule has 2 bridgehead atoms. The Morgan fingerprint density at radius 2 is 1.43 bits per heavy atom. The number of hydrogen-bond donors (Lipinski definition) is 6. The van der Waals surface area contributed by atoms with Gasteiger partial charge in [-0.3, -0.25) is 4.79 Å². The number of hydrogen-bond acceptors (Lipinski definition) is 8. The molecule has 49 heavy (non-hydrogen) atoms. The zero-order valence-electron chi connectivity index (χ0n) is 28.7. The van der Waals surface area contributed by atoms with Gasteiger partial charge in [0.15, 0.2) is 0 Å². The second-order valence-corrected chi connectivity index (χ2v) is 13.4. The Morgan fingerprint density at radius 3 is 1.94 bits per heavy atom. The minimum Gasteiger partial charge on any atom is -1.00 e. The number of quaternary nitrogens is 1. The predicted octanol–water partition coefficient (Wildman–Crippen LogP) is 1.67. The van der Waals surface area contributed by atoms with Crippen LogP contribution in [-0.2, 0) is 16.0 Å². The van der Waals surface area contributed by atoms with E-state index in [4.69, 9.17) is 4.74 Å². The topological polar surface area (TPSA) is 171 Å². The molecule has 0 spiro atoms. The van der Waals surface area contributed by atoms with Gasteiger partial charge in [-0.2, -0.15) is 0 Å². The van der Waals surface area contributed by atoms with Crippen molar-refractivity contribution in [3.8, 4) is 17.2 Å². The Labute approximate surface area is 311 Å². The minimum absolute atomic E-state index is 0. The molecule has 10 nitrogen and oxygen atoms in total. The van der Waals surface area contributed by atoms with Crippen molar-refractivity contribution in [2.45, 2.75) is 95.2 Å². The van der Waals surface area contributed by atoms with Crippen LogP contribution in [-0.4, -0.2) is 91.9 Å². The number of nitrogens with zero attached hydrogens (tertiary/aromatic N) is 1. The largest absolute Gasteiger partial charge is 1.00 e. The van der Waals surface area contributed by atoms with Crippen LogP contribution in [0.15, 0.2) is 72.8 Å². The summed E-state index contributed by atoms with van der Waals surface area (Å²) in [6.45, 7) is 6.70. The first-order valence-corrected chi connectivity index (χ1v) is 16.3. The van der Waals surface area contributed by atoms with Gasteiger partial charge in [-0.25, -0.2) is 0 Å². The Morgan fingerprint density at radius 1 is 0.878 bits per heavy atom. The molecule has 0 saturated carbocycles. The van der Waals surface area contributed by atoms with E-state index in [1.165, 1.54) is 31.0 Å². The number of rotatable bonds is 11. The average molecular weight is 815 g/mol. The lowest BCUT2D eigenvalue weighted by Crippen LogP contribution is -3.00. The summed E-state index contributed by atoms with van der Waals surface area (Å²) in [6, 6.07) is 22.4. The van der Waals surface area contributed by atoms with Crippen molar-refractivity contribution in [2.75, 3.05) is 20.2 Å². The molecule has 2 saturated heterocycles. The maximum atomic E-state index is 12.6. The van der Waals surface area contributed by atoms with Crippen molar-refractivity contribution in [3.63, 3.8) is 0 Å². The summed E-state index contributed by atoms with van der Waals surface area (Å²) in [5.41, 5.74) is 2.37. The number of ether oxygens (including phenoxy) is 1. The molecule has 3 aromatic rings. The normalized spacial score (nSPS) is 22.6. The number of carbonyl (C=O) groups is 1. The van der Waals surface area contributed by atoms with Gasteiger partial charge in [-0.15, -0.1) is 17.0 Å². The number of phenols is 3. The molecule has 12 heteroatoms. The first-order valence-electron chi connectivity index (χ1n) is 16.3. The number of aromatic hydroxyl groups is 3. The smallest absolute Gasteiger partial charge is 0.316 e. The third kappa shape index (κ3) is 11.7. The molecule has 2 aliphatic rings. The molecule has 2 heterocycles. The van der Waals surface area contributed by atoms with E-state index in [2.05, 4.69) is 26.2 Å². The molecule has 0 aromatic heterocycles. The monoisotopic (exact) mass is 812 g/mol. The SMILES string of the molecule is Br.CC(C)[N+]1(C)[C@@H]2CC[C@H]1CC(OC(=O)C(CO)c1ccccc1)C2.CC(Cc1ccc(O)cc1)NCC(O)c1cc(O)cc(O)c1.O.[Br-]. The first-order chi connectivity index (χ1) is 21.9. The fourth-order valence-electron chi connectivity index (χ4n) is 7.12. The number of carbonyl (C=O) groups excluding carboxylic acids is 1. The summed E-state index contributed by atoms with van der Waals surface area (Å²) in [6.07, 6.45) is 4.30. The maximum absolute atomic E-state index is 12.6.